The quantitative estimate of drug-likeness (QED) is 0.672. The van der Waals surface area contributed by atoms with Crippen molar-refractivity contribution in [3.05, 3.63) is 75.8 Å². The van der Waals surface area contributed by atoms with Crippen LogP contribution in [-0.2, 0) is 19.6 Å². The van der Waals surface area contributed by atoms with Crippen LogP contribution >= 0.6 is 23.2 Å². The van der Waals surface area contributed by atoms with E-state index in [1.165, 1.54) is 16.4 Å². The van der Waals surface area contributed by atoms with Crippen LogP contribution in [0.25, 0.3) is 0 Å². The molecule has 1 aliphatic rings. The maximum atomic E-state index is 13.2. The molecule has 0 bridgehead atoms. The summed E-state index contributed by atoms with van der Waals surface area (Å²) in [7, 11) is -3.91. The molecule has 1 aliphatic heterocycles. The largest absolute Gasteiger partial charge is 0.463 e. The predicted octanol–water partition coefficient (Wildman–Crippen LogP) is 4.23. The molecule has 0 aromatic heterocycles. The van der Waals surface area contributed by atoms with Crippen LogP contribution < -0.4 is 0 Å². The Balaban J connectivity index is 2.08. The molecule has 2 aromatic carbocycles. The van der Waals surface area contributed by atoms with Gasteiger partial charge in [0.15, 0.2) is 0 Å². The number of hydrogen-bond acceptors (Lipinski definition) is 4. The fourth-order valence-electron chi connectivity index (χ4n) is 2.99. The standard InChI is InChI=1S/C19H17Cl2NO4S/c1-2-26-19(23)17-9-10-22(18(17)13-5-3-6-14(20)11-13)27(24,25)16-8-4-7-15(21)12-16/h3-9,11-12,18H,2,10H2,1H3. The highest BCUT2D eigenvalue weighted by atomic mass is 35.5. The van der Waals surface area contributed by atoms with E-state index >= 15 is 0 Å². The lowest BCUT2D eigenvalue weighted by Gasteiger charge is -2.26. The second kappa shape index (κ2) is 8.02. The van der Waals surface area contributed by atoms with Crippen LogP contribution in [0.3, 0.4) is 0 Å². The number of sulfonamides is 1. The third-order valence-electron chi connectivity index (χ3n) is 4.15. The highest BCUT2D eigenvalue weighted by Crippen LogP contribution is 2.39. The normalized spacial score (nSPS) is 17.6. The van der Waals surface area contributed by atoms with E-state index < -0.39 is 22.0 Å². The predicted molar refractivity (Wildman–Crippen MR) is 104 cm³/mol. The molecule has 1 atom stereocenters. The average Bonchev–Trinajstić information content (AvgIpc) is 3.08. The minimum atomic E-state index is -3.91. The molecule has 142 valence electrons. The highest BCUT2D eigenvalue weighted by molar-refractivity contribution is 7.89. The van der Waals surface area contributed by atoms with Gasteiger partial charge in [0.2, 0.25) is 10.0 Å². The first-order chi connectivity index (χ1) is 12.8. The zero-order valence-corrected chi connectivity index (χ0v) is 16.8. The molecule has 1 heterocycles. The Morgan fingerprint density at radius 1 is 1.15 bits per heavy atom. The molecule has 1 unspecified atom stereocenters. The molecule has 8 heteroatoms. The van der Waals surface area contributed by atoms with E-state index in [4.69, 9.17) is 27.9 Å². The van der Waals surface area contributed by atoms with Gasteiger partial charge in [-0.1, -0.05) is 47.5 Å². The topological polar surface area (TPSA) is 63.7 Å². The van der Waals surface area contributed by atoms with Crippen molar-refractivity contribution in [3.63, 3.8) is 0 Å². The smallest absolute Gasteiger partial charge is 0.335 e. The summed E-state index contributed by atoms with van der Waals surface area (Å²) in [5, 5.41) is 0.760. The van der Waals surface area contributed by atoms with Crippen molar-refractivity contribution in [2.45, 2.75) is 17.9 Å². The summed E-state index contributed by atoms with van der Waals surface area (Å²) in [5.74, 6) is -0.550. The van der Waals surface area contributed by atoms with E-state index in [9.17, 15) is 13.2 Å². The highest BCUT2D eigenvalue weighted by Gasteiger charge is 2.41. The molecule has 0 saturated heterocycles. The number of esters is 1. The van der Waals surface area contributed by atoms with Gasteiger partial charge in [-0.3, -0.25) is 0 Å². The molecule has 0 spiro atoms. The summed E-state index contributed by atoms with van der Waals surface area (Å²) >= 11 is 12.1. The van der Waals surface area contributed by atoms with Crippen LogP contribution in [0.4, 0.5) is 0 Å². The molecular weight excluding hydrogens is 409 g/mol. The molecule has 0 N–H and O–H groups in total. The van der Waals surface area contributed by atoms with Gasteiger partial charge >= 0.3 is 5.97 Å². The number of benzene rings is 2. The zero-order valence-electron chi connectivity index (χ0n) is 14.4. The number of nitrogens with zero attached hydrogens (tertiary/aromatic N) is 1. The van der Waals surface area contributed by atoms with Crippen molar-refractivity contribution in [3.8, 4) is 0 Å². The van der Waals surface area contributed by atoms with Crippen LogP contribution in [0.5, 0.6) is 0 Å². The molecule has 0 fully saturated rings. The summed E-state index contributed by atoms with van der Waals surface area (Å²) in [6.45, 7) is 1.93. The number of carbonyl (C=O) groups is 1. The molecule has 0 radical (unpaired) electrons. The lowest BCUT2D eigenvalue weighted by atomic mass is 10.0. The van der Waals surface area contributed by atoms with E-state index in [-0.39, 0.29) is 23.6 Å². The molecule has 0 saturated carbocycles. The molecule has 3 rings (SSSR count). The van der Waals surface area contributed by atoms with Gasteiger partial charge in [0.25, 0.3) is 0 Å². The van der Waals surface area contributed by atoms with Crippen LogP contribution in [0, 0.1) is 0 Å². The van der Waals surface area contributed by atoms with Gasteiger partial charge in [0.05, 0.1) is 23.1 Å². The third-order valence-corrected chi connectivity index (χ3v) is 6.45. The lowest BCUT2D eigenvalue weighted by Crippen LogP contribution is -2.33. The van der Waals surface area contributed by atoms with E-state index in [1.807, 2.05) is 0 Å². The maximum Gasteiger partial charge on any atom is 0.335 e. The first-order valence-electron chi connectivity index (χ1n) is 8.24. The van der Waals surface area contributed by atoms with Crippen molar-refractivity contribution in [1.82, 2.24) is 4.31 Å². The van der Waals surface area contributed by atoms with Gasteiger partial charge in [-0.25, -0.2) is 13.2 Å². The summed E-state index contributed by atoms with van der Waals surface area (Å²) in [6, 6.07) is 12.0. The second-order valence-corrected chi connectivity index (χ2v) is 8.63. The first-order valence-corrected chi connectivity index (χ1v) is 10.4. The Morgan fingerprint density at radius 3 is 2.44 bits per heavy atom. The third kappa shape index (κ3) is 4.04. The van der Waals surface area contributed by atoms with E-state index in [0.29, 0.717) is 15.6 Å². The van der Waals surface area contributed by atoms with Crippen molar-refractivity contribution in [2.24, 2.45) is 0 Å². The molecule has 0 amide bonds. The number of rotatable bonds is 5. The Kier molecular flexibility index (Phi) is 5.91. The Labute approximate surface area is 168 Å². The number of carbonyl (C=O) groups excluding carboxylic acids is 1. The van der Waals surface area contributed by atoms with Gasteiger partial charge < -0.3 is 4.74 Å². The SMILES string of the molecule is CCOC(=O)C1=CCN(S(=O)(=O)c2cccc(Cl)c2)C1c1cccc(Cl)c1. The van der Waals surface area contributed by atoms with Crippen LogP contribution in [0.15, 0.2) is 65.1 Å². The second-order valence-electron chi connectivity index (χ2n) is 5.87. The average molecular weight is 426 g/mol. The fourth-order valence-corrected chi connectivity index (χ4v) is 5.03. The number of hydrogen-bond donors (Lipinski definition) is 0. The minimum absolute atomic E-state index is 0.0418. The summed E-state index contributed by atoms with van der Waals surface area (Å²) < 4.78 is 32.8. The molecular formula is C19H17Cl2NO4S. The van der Waals surface area contributed by atoms with Crippen molar-refractivity contribution >= 4 is 39.2 Å². The van der Waals surface area contributed by atoms with Gasteiger partial charge in [-0.05, 0) is 42.8 Å². The lowest BCUT2D eigenvalue weighted by molar-refractivity contribution is -0.138. The summed E-state index contributed by atoms with van der Waals surface area (Å²) in [6.07, 6.45) is 1.58. The molecule has 2 aromatic rings. The molecule has 5 nitrogen and oxygen atoms in total. The maximum absolute atomic E-state index is 13.2. The Hall–Kier alpha value is -1.86. The van der Waals surface area contributed by atoms with E-state index in [1.54, 1.807) is 49.4 Å². The van der Waals surface area contributed by atoms with E-state index in [0.717, 1.165) is 0 Å². The van der Waals surface area contributed by atoms with Gasteiger partial charge in [-0.2, -0.15) is 4.31 Å². The van der Waals surface area contributed by atoms with Crippen LogP contribution in [0.2, 0.25) is 10.0 Å². The molecule has 0 aliphatic carbocycles. The van der Waals surface area contributed by atoms with Gasteiger partial charge in [0.1, 0.15) is 0 Å². The number of ether oxygens (including phenoxy) is 1. The van der Waals surface area contributed by atoms with Crippen molar-refractivity contribution in [1.29, 1.82) is 0 Å². The van der Waals surface area contributed by atoms with Crippen LogP contribution in [-0.4, -0.2) is 31.8 Å². The first kappa shape index (κ1) is 19.9. The van der Waals surface area contributed by atoms with Crippen molar-refractivity contribution in [2.75, 3.05) is 13.2 Å². The Morgan fingerprint density at radius 2 is 1.81 bits per heavy atom. The van der Waals surface area contributed by atoms with E-state index in [2.05, 4.69) is 0 Å². The summed E-state index contributed by atoms with van der Waals surface area (Å²) in [4.78, 5) is 12.5. The molecule has 27 heavy (non-hydrogen) atoms. The Bertz CT molecular complexity index is 1000. The minimum Gasteiger partial charge on any atom is -0.463 e. The van der Waals surface area contributed by atoms with Crippen LogP contribution in [0.1, 0.15) is 18.5 Å². The number of halogens is 2. The fraction of sp³-hybridized carbons (Fsp3) is 0.211. The zero-order chi connectivity index (χ0) is 19.6. The monoisotopic (exact) mass is 425 g/mol. The van der Waals surface area contributed by atoms with Crippen molar-refractivity contribution < 1.29 is 17.9 Å². The summed E-state index contributed by atoms with van der Waals surface area (Å²) in [5.41, 5.74) is 0.856. The van der Waals surface area contributed by atoms with Gasteiger partial charge in [-0.15, -0.1) is 0 Å². The van der Waals surface area contributed by atoms with Gasteiger partial charge in [0, 0.05) is 16.6 Å².